The van der Waals surface area contributed by atoms with Crippen LogP contribution in [0.4, 0.5) is 5.82 Å². The highest BCUT2D eigenvalue weighted by Crippen LogP contribution is 2.22. The van der Waals surface area contributed by atoms with E-state index in [2.05, 4.69) is 23.7 Å². The fraction of sp³-hybridized carbons (Fsp3) is 0.643. The minimum atomic E-state index is -0.153. The number of pyridine rings is 1. The summed E-state index contributed by atoms with van der Waals surface area (Å²) < 4.78 is 11.2. The zero-order chi connectivity index (χ0) is 13.9. The second kappa shape index (κ2) is 5.86. The quantitative estimate of drug-likeness (QED) is 0.889. The van der Waals surface area contributed by atoms with Gasteiger partial charge in [0.1, 0.15) is 5.82 Å². The molecule has 2 heterocycles. The molecule has 2 rings (SSSR count). The van der Waals surface area contributed by atoms with Gasteiger partial charge in [-0.05, 0) is 31.5 Å². The number of methoxy groups -OCH3 is 1. The Bertz CT molecular complexity index is 423. The Kier molecular flexibility index (Phi) is 4.39. The molecule has 0 bridgehead atoms. The molecule has 1 aromatic rings. The van der Waals surface area contributed by atoms with Crippen molar-refractivity contribution in [3.05, 3.63) is 23.9 Å². The van der Waals surface area contributed by atoms with E-state index in [0.29, 0.717) is 12.4 Å². The van der Waals surface area contributed by atoms with Gasteiger partial charge in [0.2, 0.25) is 0 Å². The Labute approximate surface area is 114 Å². The lowest BCUT2D eigenvalue weighted by atomic mass is 10.0. The first kappa shape index (κ1) is 14.2. The van der Waals surface area contributed by atoms with Crippen LogP contribution in [0.5, 0.6) is 0 Å². The van der Waals surface area contributed by atoms with E-state index in [-0.39, 0.29) is 11.7 Å². The summed E-state index contributed by atoms with van der Waals surface area (Å²) in [5.74, 6) is 0.568. The van der Waals surface area contributed by atoms with Crippen molar-refractivity contribution in [1.29, 1.82) is 0 Å². The average Bonchev–Trinajstić information content (AvgIpc) is 2.26. The van der Waals surface area contributed by atoms with Gasteiger partial charge in [0.05, 0.1) is 18.3 Å². The normalized spacial score (nSPS) is 23.4. The second-order valence-corrected chi connectivity index (χ2v) is 5.71. The van der Waals surface area contributed by atoms with Gasteiger partial charge in [-0.25, -0.2) is 4.98 Å². The lowest BCUT2D eigenvalue weighted by molar-refractivity contribution is -0.154. The molecule has 0 spiro atoms. The molecule has 5 nitrogen and oxygen atoms in total. The van der Waals surface area contributed by atoms with Crippen LogP contribution >= 0.6 is 0 Å². The Morgan fingerprint density at radius 1 is 1.58 bits per heavy atom. The van der Waals surface area contributed by atoms with E-state index < -0.39 is 0 Å². The maximum atomic E-state index is 6.00. The first-order valence-electron chi connectivity index (χ1n) is 6.58. The summed E-state index contributed by atoms with van der Waals surface area (Å²) in [5, 5.41) is 0. The SMILES string of the molecule is COCC1CN(Cc2ccnc(N)c2)CC(C)(C)O1. The van der Waals surface area contributed by atoms with Crippen LogP contribution in [0.1, 0.15) is 19.4 Å². The van der Waals surface area contributed by atoms with Crippen molar-refractivity contribution in [2.75, 3.05) is 32.5 Å². The third kappa shape index (κ3) is 4.16. The highest BCUT2D eigenvalue weighted by molar-refractivity contribution is 5.31. The van der Waals surface area contributed by atoms with Crippen LogP contribution in [-0.2, 0) is 16.0 Å². The Morgan fingerprint density at radius 2 is 2.37 bits per heavy atom. The number of ether oxygens (including phenoxy) is 2. The van der Waals surface area contributed by atoms with Gasteiger partial charge >= 0.3 is 0 Å². The maximum absolute atomic E-state index is 6.00. The highest BCUT2D eigenvalue weighted by atomic mass is 16.5. The minimum Gasteiger partial charge on any atom is -0.384 e. The summed E-state index contributed by atoms with van der Waals surface area (Å²) in [6.45, 7) is 7.48. The molecule has 2 N–H and O–H groups in total. The van der Waals surface area contributed by atoms with Crippen molar-refractivity contribution >= 4 is 5.82 Å². The van der Waals surface area contributed by atoms with E-state index in [0.717, 1.165) is 19.6 Å². The number of nitrogens with two attached hydrogens (primary N) is 1. The van der Waals surface area contributed by atoms with Crippen molar-refractivity contribution in [2.45, 2.75) is 32.1 Å². The van der Waals surface area contributed by atoms with Gasteiger partial charge in [-0.3, -0.25) is 4.90 Å². The molecule has 1 aliphatic heterocycles. The van der Waals surface area contributed by atoms with Crippen molar-refractivity contribution in [3.63, 3.8) is 0 Å². The molecule has 106 valence electrons. The Balaban J connectivity index is 2.02. The monoisotopic (exact) mass is 265 g/mol. The zero-order valence-corrected chi connectivity index (χ0v) is 11.9. The number of hydrogen-bond acceptors (Lipinski definition) is 5. The van der Waals surface area contributed by atoms with Gasteiger partial charge in [-0.1, -0.05) is 0 Å². The lowest BCUT2D eigenvalue weighted by Crippen LogP contribution is -2.53. The lowest BCUT2D eigenvalue weighted by Gasteiger charge is -2.42. The molecule has 5 heteroatoms. The predicted octanol–water partition coefficient (Wildman–Crippen LogP) is 1.29. The van der Waals surface area contributed by atoms with Gasteiger partial charge in [0.15, 0.2) is 0 Å². The van der Waals surface area contributed by atoms with Gasteiger partial charge in [-0.15, -0.1) is 0 Å². The molecular formula is C14H23N3O2. The Morgan fingerprint density at radius 3 is 3.05 bits per heavy atom. The number of hydrogen-bond donors (Lipinski definition) is 1. The molecule has 1 atom stereocenters. The van der Waals surface area contributed by atoms with Crippen LogP contribution < -0.4 is 5.73 Å². The van der Waals surface area contributed by atoms with Crippen LogP contribution in [0.3, 0.4) is 0 Å². The summed E-state index contributed by atoms with van der Waals surface area (Å²) in [7, 11) is 1.71. The maximum Gasteiger partial charge on any atom is 0.123 e. The standard InChI is InChI=1S/C14H23N3O2/c1-14(2)10-17(8-12(19-14)9-18-3)7-11-4-5-16-13(15)6-11/h4-6,12H,7-10H2,1-3H3,(H2,15,16). The molecule has 0 amide bonds. The fourth-order valence-electron chi connectivity index (χ4n) is 2.66. The van der Waals surface area contributed by atoms with Gasteiger partial charge in [-0.2, -0.15) is 0 Å². The molecule has 0 radical (unpaired) electrons. The number of morpholine rings is 1. The van der Waals surface area contributed by atoms with Gasteiger partial charge in [0, 0.05) is 32.9 Å². The average molecular weight is 265 g/mol. The number of nitrogens with zero attached hydrogens (tertiary/aromatic N) is 2. The van der Waals surface area contributed by atoms with Crippen molar-refractivity contribution in [2.24, 2.45) is 0 Å². The molecule has 0 saturated carbocycles. The summed E-state index contributed by atoms with van der Waals surface area (Å²) in [6.07, 6.45) is 1.87. The van der Waals surface area contributed by atoms with E-state index in [1.807, 2.05) is 12.1 Å². The second-order valence-electron chi connectivity index (χ2n) is 5.71. The topological polar surface area (TPSA) is 60.6 Å². The largest absolute Gasteiger partial charge is 0.384 e. The molecular weight excluding hydrogens is 242 g/mol. The molecule has 1 saturated heterocycles. The fourth-order valence-corrected chi connectivity index (χ4v) is 2.66. The smallest absolute Gasteiger partial charge is 0.123 e. The third-order valence-electron chi connectivity index (χ3n) is 3.16. The summed E-state index contributed by atoms with van der Waals surface area (Å²) in [6, 6.07) is 3.93. The number of anilines is 1. The first-order valence-corrected chi connectivity index (χ1v) is 6.58. The zero-order valence-electron chi connectivity index (χ0n) is 11.9. The predicted molar refractivity (Wildman–Crippen MR) is 74.8 cm³/mol. The molecule has 1 fully saturated rings. The van der Waals surface area contributed by atoms with E-state index in [1.165, 1.54) is 5.56 Å². The van der Waals surface area contributed by atoms with Crippen LogP contribution in [0, 0.1) is 0 Å². The van der Waals surface area contributed by atoms with E-state index >= 15 is 0 Å². The highest BCUT2D eigenvalue weighted by Gasteiger charge is 2.33. The molecule has 0 aliphatic carbocycles. The van der Waals surface area contributed by atoms with Crippen molar-refractivity contribution < 1.29 is 9.47 Å². The van der Waals surface area contributed by atoms with Crippen LogP contribution in [0.15, 0.2) is 18.3 Å². The van der Waals surface area contributed by atoms with Crippen molar-refractivity contribution in [1.82, 2.24) is 9.88 Å². The minimum absolute atomic E-state index is 0.118. The number of aromatic nitrogens is 1. The number of rotatable bonds is 4. The summed E-state index contributed by atoms with van der Waals surface area (Å²) >= 11 is 0. The summed E-state index contributed by atoms with van der Waals surface area (Å²) in [5.41, 5.74) is 6.75. The van der Waals surface area contributed by atoms with Gasteiger partial charge in [0.25, 0.3) is 0 Å². The van der Waals surface area contributed by atoms with Gasteiger partial charge < -0.3 is 15.2 Å². The third-order valence-corrected chi connectivity index (χ3v) is 3.16. The molecule has 0 aromatic carbocycles. The van der Waals surface area contributed by atoms with Crippen LogP contribution in [0.25, 0.3) is 0 Å². The molecule has 1 aliphatic rings. The number of nitrogen functional groups attached to an aromatic ring is 1. The van der Waals surface area contributed by atoms with E-state index in [9.17, 15) is 0 Å². The van der Waals surface area contributed by atoms with Crippen LogP contribution in [-0.4, -0.2) is 48.4 Å². The van der Waals surface area contributed by atoms with E-state index in [4.69, 9.17) is 15.2 Å². The molecule has 1 unspecified atom stereocenters. The molecule has 1 aromatic heterocycles. The summed E-state index contributed by atoms with van der Waals surface area (Å²) in [4.78, 5) is 6.40. The first-order chi connectivity index (χ1) is 8.98. The molecule has 19 heavy (non-hydrogen) atoms. The van der Waals surface area contributed by atoms with Crippen LogP contribution in [0.2, 0.25) is 0 Å². The Hall–Kier alpha value is -1.17. The van der Waals surface area contributed by atoms with E-state index in [1.54, 1.807) is 13.3 Å². The van der Waals surface area contributed by atoms with Crippen molar-refractivity contribution in [3.8, 4) is 0 Å².